The summed E-state index contributed by atoms with van der Waals surface area (Å²) in [6.07, 6.45) is 3.70. The second-order valence-corrected chi connectivity index (χ2v) is 5.93. The van der Waals surface area contributed by atoms with Crippen LogP contribution in [0.5, 0.6) is 11.5 Å². The van der Waals surface area contributed by atoms with E-state index < -0.39 is 0 Å². The number of rotatable bonds is 9. The molecule has 0 aliphatic rings. The number of benzene rings is 2. The van der Waals surface area contributed by atoms with E-state index in [9.17, 15) is 4.79 Å². The zero-order chi connectivity index (χ0) is 19.6. The van der Waals surface area contributed by atoms with Crippen LogP contribution in [0.3, 0.4) is 0 Å². The van der Waals surface area contributed by atoms with Gasteiger partial charge in [-0.05, 0) is 30.7 Å². The summed E-state index contributed by atoms with van der Waals surface area (Å²) in [5.74, 6) is 1.65. The standard InChI is InChI=1S/C21H22N4O3/c1-27-13-7-12-22-21(26)18-14-24-20(15-23-18)25-17-10-5-6-11-19(17)28-16-8-3-2-4-9-16/h2-6,8-11,14-15H,7,12-13H2,1H3,(H,22,26)(H,24,25). The molecule has 3 aromatic rings. The van der Waals surface area contributed by atoms with Gasteiger partial charge in [0.05, 0.1) is 18.1 Å². The lowest BCUT2D eigenvalue weighted by Crippen LogP contribution is -2.26. The molecule has 1 amide bonds. The monoisotopic (exact) mass is 378 g/mol. The van der Waals surface area contributed by atoms with Crippen molar-refractivity contribution in [2.24, 2.45) is 0 Å². The fourth-order valence-corrected chi connectivity index (χ4v) is 2.43. The van der Waals surface area contributed by atoms with E-state index in [4.69, 9.17) is 9.47 Å². The number of methoxy groups -OCH3 is 1. The Hall–Kier alpha value is -3.45. The molecule has 7 nitrogen and oxygen atoms in total. The zero-order valence-electron chi connectivity index (χ0n) is 15.6. The first-order valence-corrected chi connectivity index (χ1v) is 8.94. The number of para-hydroxylation sites is 3. The van der Waals surface area contributed by atoms with Crippen molar-refractivity contribution in [3.05, 3.63) is 72.7 Å². The summed E-state index contributed by atoms with van der Waals surface area (Å²) in [5, 5.41) is 5.95. The Morgan fingerprint density at radius 2 is 1.79 bits per heavy atom. The van der Waals surface area contributed by atoms with E-state index in [0.717, 1.165) is 17.9 Å². The third-order valence-electron chi connectivity index (χ3n) is 3.82. The van der Waals surface area contributed by atoms with Crippen molar-refractivity contribution in [3.8, 4) is 11.5 Å². The molecule has 0 unspecified atom stereocenters. The summed E-state index contributed by atoms with van der Waals surface area (Å²) < 4.78 is 10.9. The van der Waals surface area contributed by atoms with E-state index in [1.807, 2.05) is 54.6 Å². The second-order valence-electron chi connectivity index (χ2n) is 5.93. The first-order valence-electron chi connectivity index (χ1n) is 8.94. The Labute approximate surface area is 163 Å². The first kappa shape index (κ1) is 19.3. The van der Waals surface area contributed by atoms with Crippen molar-refractivity contribution in [2.45, 2.75) is 6.42 Å². The first-order chi connectivity index (χ1) is 13.8. The lowest BCUT2D eigenvalue weighted by Gasteiger charge is -2.12. The Kier molecular flexibility index (Phi) is 6.92. The predicted octanol–water partition coefficient (Wildman–Crippen LogP) is 3.78. The predicted molar refractivity (Wildman–Crippen MR) is 107 cm³/mol. The van der Waals surface area contributed by atoms with E-state index in [0.29, 0.717) is 24.7 Å². The van der Waals surface area contributed by atoms with Crippen LogP contribution in [0.15, 0.2) is 67.0 Å². The summed E-state index contributed by atoms with van der Waals surface area (Å²) in [6.45, 7) is 1.12. The number of aromatic nitrogens is 2. The van der Waals surface area contributed by atoms with Gasteiger partial charge in [-0.1, -0.05) is 30.3 Å². The molecular formula is C21H22N4O3. The van der Waals surface area contributed by atoms with Crippen LogP contribution in [0.2, 0.25) is 0 Å². The van der Waals surface area contributed by atoms with Crippen LogP contribution in [-0.4, -0.2) is 36.1 Å². The molecule has 0 fully saturated rings. The third-order valence-corrected chi connectivity index (χ3v) is 3.82. The van der Waals surface area contributed by atoms with Crippen LogP contribution in [-0.2, 0) is 4.74 Å². The molecule has 28 heavy (non-hydrogen) atoms. The van der Waals surface area contributed by atoms with Crippen molar-refractivity contribution >= 4 is 17.4 Å². The number of anilines is 2. The Morgan fingerprint density at radius 1 is 1.00 bits per heavy atom. The maximum absolute atomic E-state index is 12.0. The summed E-state index contributed by atoms with van der Waals surface area (Å²) in [6, 6.07) is 17.1. The van der Waals surface area contributed by atoms with Gasteiger partial charge in [-0.2, -0.15) is 0 Å². The zero-order valence-corrected chi connectivity index (χ0v) is 15.6. The topological polar surface area (TPSA) is 85.4 Å². The molecule has 0 bridgehead atoms. The van der Waals surface area contributed by atoms with Crippen molar-refractivity contribution in [3.63, 3.8) is 0 Å². The molecule has 0 atom stereocenters. The van der Waals surface area contributed by atoms with Crippen LogP contribution in [0.25, 0.3) is 0 Å². The molecular weight excluding hydrogens is 356 g/mol. The largest absolute Gasteiger partial charge is 0.455 e. The molecule has 2 aromatic carbocycles. The van der Waals surface area contributed by atoms with Crippen molar-refractivity contribution < 1.29 is 14.3 Å². The Bertz CT molecular complexity index is 886. The smallest absolute Gasteiger partial charge is 0.271 e. The van der Waals surface area contributed by atoms with Gasteiger partial charge in [0.15, 0.2) is 5.75 Å². The number of hydrogen-bond acceptors (Lipinski definition) is 6. The molecule has 0 saturated heterocycles. The van der Waals surface area contributed by atoms with Gasteiger partial charge in [-0.15, -0.1) is 0 Å². The summed E-state index contributed by atoms with van der Waals surface area (Å²) in [7, 11) is 1.63. The molecule has 0 saturated carbocycles. The number of amides is 1. The highest BCUT2D eigenvalue weighted by molar-refractivity contribution is 5.92. The number of nitrogens with zero attached hydrogens (tertiary/aromatic N) is 2. The highest BCUT2D eigenvalue weighted by Gasteiger charge is 2.09. The minimum atomic E-state index is -0.261. The molecule has 0 radical (unpaired) electrons. The summed E-state index contributed by atoms with van der Waals surface area (Å²) in [5.41, 5.74) is 1.01. The van der Waals surface area contributed by atoms with Crippen LogP contribution in [0, 0.1) is 0 Å². The van der Waals surface area contributed by atoms with E-state index in [-0.39, 0.29) is 11.6 Å². The molecule has 0 aliphatic heterocycles. The van der Waals surface area contributed by atoms with Gasteiger partial charge < -0.3 is 20.1 Å². The molecule has 2 N–H and O–H groups in total. The normalized spacial score (nSPS) is 10.3. The summed E-state index contributed by atoms with van der Waals surface area (Å²) >= 11 is 0. The lowest BCUT2D eigenvalue weighted by molar-refractivity contribution is 0.0943. The fourth-order valence-electron chi connectivity index (χ4n) is 2.43. The number of carbonyl (C=O) groups excluding carboxylic acids is 1. The van der Waals surface area contributed by atoms with Gasteiger partial charge in [-0.25, -0.2) is 9.97 Å². The van der Waals surface area contributed by atoms with E-state index in [2.05, 4.69) is 20.6 Å². The van der Waals surface area contributed by atoms with Crippen LogP contribution in [0.1, 0.15) is 16.9 Å². The van der Waals surface area contributed by atoms with Crippen LogP contribution in [0.4, 0.5) is 11.5 Å². The number of nitrogens with one attached hydrogen (secondary N) is 2. The molecule has 3 rings (SSSR count). The minimum Gasteiger partial charge on any atom is -0.455 e. The number of carbonyl (C=O) groups is 1. The lowest BCUT2D eigenvalue weighted by atomic mass is 10.3. The maximum Gasteiger partial charge on any atom is 0.271 e. The van der Waals surface area contributed by atoms with Gasteiger partial charge in [0, 0.05) is 20.3 Å². The van der Waals surface area contributed by atoms with E-state index in [1.165, 1.54) is 12.4 Å². The Balaban J connectivity index is 1.64. The maximum atomic E-state index is 12.0. The van der Waals surface area contributed by atoms with E-state index >= 15 is 0 Å². The van der Waals surface area contributed by atoms with Crippen molar-refractivity contribution in [1.82, 2.24) is 15.3 Å². The van der Waals surface area contributed by atoms with Crippen LogP contribution < -0.4 is 15.4 Å². The van der Waals surface area contributed by atoms with Crippen molar-refractivity contribution in [2.75, 3.05) is 25.6 Å². The van der Waals surface area contributed by atoms with Gasteiger partial charge in [0.25, 0.3) is 5.91 Å². The highest BCUT2D eigenvalue weighted by atomic mass is 16.5. The highest BCUT2D eigenvalue weighted by Crippen LogP contribution is 2.30. The average molecular weight is 378 g/mol. The van der Waals surface area contributed by atoms with Gasteiger partial charge in [0.2, 0.25) is 0 Å². The van der Waals surface area contributed by atoms with Gasteiger partial charge in [-0.3, -0.25) is 4.79 Å². The van der Waals surface area contributed by atoms with E-state index in [1.54, 1.807) is 7.11 Å². The van der Waals surface area contributed by atoms with Crippen LogP contribution >= 0.6 is 0 Å². The second kappa shape index (κ2) is 10.0. The molecule has 1 heterocycles. The van der Waals surface area contributed by atoms with Gasteiger partial charge >= 0.3 is 0 Å². The number of hydrogen-bond donors (Lipinski definition) is 2. The SMILES string of the molecule is COCCCNC(=O)c1cnc(Nc2ccccc2Oc2ccccc2)cn1. The molecule has 1 aromatic heterocycles. The minimum absolute atomic E-state index is 0.261. The number of ether oxygens (including phenoxy) is 2. The quantitative estimate of drug-likeness (QED) is 0.551. The molecule has 7 heteroatoms. The fraction of sp³-hybridized carbons (Fsp3) is 0.190. The van der Waals surface area contributed by atoms with Gasteiger partial charge in [0.1, 0.15) is 17.3 Å². The average Bonchev–Trinajstić information content (AvgIpc) is 2.74. The summed E-state index contributed by atoms with van der Waals surface area (Å²) in [4.78, 5) is 20.5. The Morgan fingerprint density at radius 3 is 2.54 bits per heavy atom. The van der Waals surface area contributed by atoms with Crippen molar-refractivity contribution in [1.29, 1.82) is 0 Å². The molecule has 144 valence electrons. The molecule has 0 aliphatic carbocycles. The third kappa shape index (κ3) is 5.52. The molecule has 0 spiro atoms.